The largest absolute Gasteiger partial charge is 0.338 e. The molecule has 4 nitrogen and oxygen atoms in total. The predicted molar refractivity (Wildman–Crippen MR) is 84.0 cm³/mol. The molecule has 1 heterocycles. The summed E-state index contributed by atoms with van der Waals surface area (Å²) in [6.45, 7) is 3.73. The lowest BCUT2D eigenvalue weighted by Gasteiger charge is -2.36. The van der Waals surface area contributed by atoms with Crippen LogP contribution in [0.15, 0.2) is 18.2 Å². The third-order valence-electron chi connectivity index (χ3n) is 4.29. The molecule has 1 aromatic carbocycles. The van der Waals surface area contributed by atoms with Crippen molar-refractivity contribution in [2.75, 3.05) is 18.0 Å². The Balaban J connectivity index is 2.19. The molecule has 0 bridgehead atoms. The molecule has 0 spiro atoms. The molecule has 0 saturated carbocycles. The number of anilines is 1. The fraction of sp³-hybridized carbons (Fsp3) is 0.529. The van der Waals surface area contributed by atoms with Crippen LogP contribution >= 0.6 is 0 Å². The maximum atomic E-state index is 13.9. The van der Waals surface area contributed by atoms with E-state index in [1.54, 1.807) is 4.90 Å². The van der Waals surface area contributed by atoms with Gasteiger partial charge in [-0.3, -0.25) is 9.59 Å². The first-order valence-corrected chi connectivity index (χ1v) is 7.96. The number of amides is 2. The van der Waals surface area contributed by atoms with Crippen molar-refractivity contribution in [3.05, 3.63) is 29.8 Å². The van der Waals surface area contributed by atoms with Crippen LogP contribution in [0.1, 0.15) is 39.5 Å². The van der Waals surface area contributed by atoms with Gasteiger partial charge in [-0.15, -0.1) is 0 Å². The lowest BCUT2D eigenvalue weighted by Crippen LogP contribution is -2.48. The molecule has 0 aliphatic carbocycles. The first-order chi connectivity index (χ1) is 10.9. The van der Waals surface area contributed by atoms with E-state index in [2.05, 4.69) is 0 Å². The van der Waals surface area contributed by atoms with Gasteiger partial charge in [0, 0.05) is 25.6 Å². The minimum atomic E-state index is -0.848. The Morgan fingerprint density at radius 3 is 2.65 bits per heavy atom. The minimum Gasteiger partial charge on any atom is -0.338 e. The number of likely N-dealkylation sites (tertiary alicyclic amines) is 1. The van der Waals surface area contributed by atoms with Gasteiger partial charge in [-0.1, -0.05) is 6.92 Å². The van der Waals surface area contributed by atoms with Gasteiger partial charge in [-0.25, -0.2) is 8.78 Å². The Morgan fingerprint density at radius 1 is 1.30 bits per heavy atom. The Morgan fingerprint density at radius 2 is 2.04 bits per heavy atom. The van der Waals surface area contributed by atoms with Gasteiger partial charge in [0.15, 0.2) is 0 Å². The van der Waals surface area contributed by atoms with Crippen LogP contribution in [-0.4, -0.2) is 35.8 Å². The smallest absolute Gasteiger partial charge is 0.242 e. The molecule has 2 rings (SSSR count). The molecule has 1 atom stereocenters. The summed E-state index contributed by atoms with van der Waals surface area (Å²) in [7, 11) is 0. The highest BCUT2D eigenvalue weighted by molar-refractivity contribution is 5.97. The highest BCUT2D eigenvalue weighted by atomic mass is 19.1. The van der Waals surface area contributed by atoms with Crippen LogP contribution in [-0.2, 0) is 9.59 Å². The first kappa shape index (κ1) is 17.4. The zero-order valence-electron chi connectivity index (χ0n) is 13.5. The van der Waals surface area contributed by atoms with Crippen molar-refractivity contribution in [1.82, 2.24) is 4.90 Å². The lowest BCUT2D eigenvalue weighted by atomic mass is 10.00. The second-order valence-corrected chi connectivity index (χ2v) is 5.85. The molecule has 1 aromatic rings. The summed E-state index contributed by atoms with van der Waals surface area (Å²) in [5, 5.41) is 0. The van der Waals surface area contributed by atoms with Crippen LogP contribution in [0.2, 0.25) is 0 Å². The van der Waals surface area contributed by atoms with Crippen LogP contribution < -0.4 is 4.90 Å². The maximum absolute atomic E-state index is 13.9. The average Bonchev–Trinajstić information content (AvgIpc) is 2.52. The summed E-state index contributed by atoms with van der Waals surface area (Å²) in [6, 6.07) is 3.15. The zero-order valence-corrected chi connectivity index (χ0v) is 13.5. The average molecular weight is 324 g/mol. The molecule has 1 unspecified atom stereocenters. The second-order valence-electron chi connectivity index (χ2n) is 5.85. The van der Waals surface area contributed by atoms with Crippen LogP contribution in [0.3, 0.4) is 0 Å². The van der Waals surface area contributed by atoms with Crippen molar-refractivity contribution < 1.29 is 18.4 Å². The highest BCUT2D eigenvalue weighted by Gasteiger charge is 2.28. The molecule has 1 fully saturated rings. The molecule has 6 heteroatoms. The zero-order chi connectivity index (χ0) is 17.0. The Bertz CT molecular complexity index is 592. The number of rotatable bonds is 4. The molecule has 0 aromatic heterocycles. The summed E-state index contributed by atoms with van der Waals surface area (Å²) in [4.78, 5) is 27.3. The van der Waals surface area contributed by atoms with Crippen molar-refractivity contribution in [2.45, 2.75) is 45.6 Å². The summed E-state index contributed by atoms with van der Waals surface area (Å²) in [5.41, 5.74) is -0.0719. The number of carbonyl (C=O) groups excluding carboxylic acids is 2. The first-order valence-electron chi connectivity index (χ1n) is 7.96. The molecular weight excluding hydrogens is 302 g/mol. The Kier molecular flexibility index (Phi) is 5.69. The lowest BCUT2D eigenvalue weighted by molar-refractivity contribution is -0.134. The fourth-order valence-corrected chi connectivity index (χ4v) is 3.05. The summed E-state index contributed by atoms with van der Waals surface area (Å²) in [6.07, 6.45) is 3.84. The summed E-state index contributed by atoms with van der Waals surface area (Å²) < 4.78 is 27.0. The van der Waals surface area contributed by atoms with E-state index in [-0.39, 0.29) is 24.2 Å². The van der Waals surface area contributed by atoms with Gasteiger partial charge in [-0.05, 0) is 37.8 Å². The van der Waals surface area contributed by atoms with Crippen molar-refractivity contribution in [1.29, 1.82) is 0 Å². The molecule has 0 N–H and O–H groups in total. The quantitative estimate of drug-likeness (QED) is 0.854. The highest BCUT2D eigenvalue weighted by Crippen LogP contribution is 2.23. The van der Waals surface area contributed by atoms with Crippen molar-refractivity contribution >= 4 is 17.5 Å². The van der Waals surface area contributed by atoms with Gasteiger partial charge in [-0.2, -0.15) is 0 Å². The van der Waals surface area contributed by atoms with E-state index in [0.717, 1.165) is 36.6 Å². The third-order valence-corrected chi connectivity index (χ3v) is 4.29. The standard InChI is InChI=1S/C17H22F2N2O2/c1-3-14-6-4-5-9-20(14)17(23)11-21(12(2)22)16-8-7-13(18)10-15(16)19/h7-8,10,14H,3-6,9,11H2,1-2H3. The van der Waals surface area contributed by atoms with E-state index in [9.17, 15) is 18.4 Å². The number of benzene rings is 1. The summed E-state index contributed by atoms with van der Waals surface area (Å²) >= 11 is 0. The van der Waals surface area contributed by atoms with E-state index in [4.69, 9.17) is 0 Å². The Hall–Kier alpha value is -1.98. The van der Waals surface area contributed by atoms with Gasteiger partial charge < -0.3 is 9.80 Å². The number of piperidine rings is 1. The van der Waals surface area contributed by atoms with E-state index in [0.29, 0.717) is 12.6 Å². The van der Waals surface area contributed by atoms with Crippen LogP contribution in [0, 0.1) is 11.6 Å². The number of hydrogen-bond donors (Lipinski definition) is 0. The number of nitrogens with zero attached hydrogens (tertiary/aromatic N) is 2. The predicted octanol–water partition coefficient (Wildman–Crippen LogP) is 3.11. The number of carbonyl (C=O) groups is 2. The monoisotopic (exact) mass is 324 g/mol. The molecule has 1 saturated heterocycles. The van der Waals surface area contributed by atoms with Gasteiger partial charge >= 0.3 is 0 Å². The number of hydrogen-bond acceptors (Lipinski definition) is 2. The van der Waals surface area contributed by atoms with Gasteiger partial charge in [0.2, 0.25) is 11.8 Å². The normalized spacial score (nSPS) is 17.9. The number of halogens is 2. The molecule has 1 aliphatic heterocycles. The van der Waals surface area contributed by atoms with E-state index < -0.39 is 17.5 Å². The van der Waals surface area contributed by atoms with Crippen molar-refractivity contribution in [3.8, 4) is 0 Å². The molecular formula is C17H22F2N2O2. The maximum Gasteiger partial charge on any atom is 0.242 e. The third kappa shape index (κ3) is 4.06. The van der Waals surface area contributed by atoms with E-state index >= 15 is 0 Å². The van der Waals surface area contributed by atoms with E-state index in [1.807, 2.05) is 6.92 Å². The molecule has 2 amide bonds. The SMILES string of the molecule is CCC1CCCCN1C(=O)CN(C(C)=O)c1ccc(F)cc1F. The van der Waals surface area contributed by atoms with Crippen LogP contribution in [0.4, 0.5) is 14.5 Å². The van der Waals surface area contributed by atoms with E-state index in [1.165, 1.54) is 13.0 Å². The minimum absolute atomic E-state index is 0.0719. The molecule has 126 valence electrons. The topological polar surface area (TPSA) is 40.6 Å². The van der Waals surface area contributed by atoms with Crippen molar-refractivity contribution in [2.24, 2.45) is 0 Å². The molecule has 23 heavy (non-hydrogen) atoms. The Labute approximate surface area is 135 Å². The van der Waals surface area contributed by atoms with Crippen molar-refractivity contribution in [3.63, 3.8) is 0 Å². The van der Waals surface area contributed by atoms with Gasteiger partial charge in [0.1, 0.15) is 18.2 Å². The molecule has 1 aliphatic rings. The van der Waals surface area contributed by atoms with Crippen LogP contribution in [0.25, 0.3) is 0 Å². The van der Waals surface area contributed by atoms with Crippen LogP contribution in [0.5, 0.6) is 0 Å². The fourth-order valence-electron chi connectivity index (χ4n) is 3.05. The summed E-state index contributed by atoms with van der Waals surface area (Å²) in [5.74, 6) is -2.22. The molecule has 0 radical (unpaired) electrons. The van der Waals surface area contributed by atoms with Gasteiger partial charge in [0.05, 0.1) is 5.69 Å². The van der Waals surface area contributed by atoms with Gasteiger partial charge in [0.25, 0.3) is 0 Å². The second kappa shape index (κ2) is 7.53.